The molecule has 0 aromatic heterocycles. The van der Waals surface area contributed by atoms with Crippen molar-refractivity contribution < 1.29 is 0 Å². The summed E-state index contributed by atoms with van der Waals surface area (Å²) in [5, 5.41) is 0. The van der Waals surface area contributed by atoms with Gasteiger partial charge < -0.3 is 5.73 Å². The van der Waals surface area contributed by atoms with Gasteiger partial charge in [0, 0.05) is 0 Å². The van der Waals surface area contributed by atoms with Gasteiger partial charge in [-0.1, -0.05) is 25.0 Å². The van der Waals surface area contributed by atoms with E-state index in [9.17, 15) is 0 Å². The van der Waals surface area contributed by atoms with Gasteiger partial charge in [0.1, 0.15) is 0 Å². The van der Waals surface area contributed by atoms with Crippen LogP contribution in [0, 0.1) is 5.92 Å². The van der Waals surface area contributed by atoms with Crippen LogP contribution in [0.15, 0.2) is 11.6 Å². The van der Waals surface area contributed by atoms with Crippen molar-refractivity contribution in [3.63, 3.8) is 0 Å². The Morgan fingerprint density at radius 2 is 2.25 bits per heavy atom. The molecular formula is C11H21N. The Balaban J connectivity index is 2.35. The highest BCUT2D eigenvalue weighted by Crippen LogP contribution is 2.26. The summed E-state index contributed by atoms with van der Waals surface area (Å²) in [6.07, 6.45) is 10.3. The Morgan fingerprint density at radius 1 is 1.42 bits per heavy atom. The van der Waals surface area contributed by atoms with Crippen LogP contribution < -0.4 is 5.73 Å². The standard InChI is InChI=1S/C11H21N/c1-10-4-2-5-11(8-7-10)6-3-9-12/h6,10H,2-5,7-9,12H2,1H3/b11-6+. The van der Waals surface area contributed by atoms with Gasteiger partial charge >= 0.3 is 0 Å². The number of hydrogen-bond donors (Lipinski definition) is 1. The molecule has 12 heavy (non-hydrogen) atoms. The van der Waals surface area contributed by atoms with E-state index in [0.29, 0.717) is 0 Å². The summed E-state index contributed by atoms with van der Waals surface area (Å²) < 4.78 is 0. The first kappa shape index (κ1) is 9.79. The van der Waals surface area contributed by atoms with Crippen molar-refractivity contribution in [2.24, 2.45) is 11.7 Å². The molecule has 0 aromatic carbocycles. The molecule has 1 heteroatoms. The largest absolute Gasteiger partial charge is 0.330 e. The molecule has 0 radical (unpaired) electrons. The molecule has 1 aliphatic carbocycles. The predicted molar refractivity (Wildman–Crippen MR) is 54.0 cm³/mol. The van der Waals surface area contributed by atoms with Crippen molar-refractivity contribution in [3.8, 4) is 0 Å². The summed E-state index contributed by atoms with van der Waals surface area (Å²) in [6, 6.07) is 0. The normalized spacial score (nSPS) is 28.8. The lowest BCUT2D eigenvalue weighted by molar-refractivity contribution is 0.507. The molecule has 1 fully saturated rings. The third kappa shape index (κ3) is 3.40. The zero-order valence-corrected chi connectivity index (χ0v) is 8.18. The summed E-state index contributed by atoms with van der Waals surface area (Å²) in [5.41, 5.74) is 7.12. The Hall–Kier alpha value is -0.300. The van der Waals surface area contributed by atoms with E-state index in [2.05, 4.69) is 13.0 Å². The smallest absolute Gasteiger partial charge is 0.00425 e. The minimum Gasteiger partial charge on any atom is -0.330 e. The zero-order valence-electron chi connectivity index (χ0n) is 8.18. The van der Waals surface area contributed by atoms with Gasteiger partial charge in [0.25, 0.3) is 0 Å². The van der Waals surface area contributed by atoms with Gasteiger partial charge in [-0.05, 0) is 44.6 Å². The molecular weight excluding hydrogens is 146 g/mol. The molecule has 1 unspecified atom stereocenters. The molecule has 1 rings (SSSR count). The number of rotatable bonds is 2. The van der Waals surface area contributed by atoms with E-state index in [1.54, 1.807) is 5.57 Å². The number of hydrogen-bond acceptors (Lipinski definition) is 1. The van der Waals surface area contributed by atoms with Crippen molar-refractivity contribution in [2.45, 2.75) is 45.4 Å². The number of allylic oxidation sites excluding steroid dienone is 1. The molecule has 1 aliphatic rings. The van der Waals surface area contributed by atoms with Crippen LogP contribution in [0.4, 0.5) is 0 Å². The molecule has 2 N–H and O–H groups in total. The van der Waals surface area contributed by atoms with Crippen LogP contribution in [0.3, 0.4) is 0 Å². The van der Waals surface area contributed by atoms with E-state index < -0.39 is 0 Å². The predicted octanol–water partition coefficient (Wildman–Crippen LogP) is 2.86. The molecule has 0 aromatic rings. The van der Waals surface area contributed by atoms with Crippen molar-refractivity contribution in [3.05, 3.63) is 11.6 Å². The van der Waals surface area contributed by atoms with Gasteiger partial charge in [0.15, 0.2) is 0 Å². The maximum absolute atomic E-state index is 5.47. The quantitative estimate of drug-likeness (QED) is 0.496. The molecule has 1 nitrogen and oxygen atoms in total. The first-order valence-corrected chi connectivity index (χ1v) is 5.21. The third-order valence-corrected chi connectivity index (χ3v) is 2.75. The van der Waals surface area contributed by atoms with Gasteiger partial charge in [-0.2, -0.15) is 0 Å². The van der Waals surface area contributed by atoms with E-state index in [0.717, 1.165) is 18.9 Å². The Labute approximate surface area is 76.0 Å². The van der Waals surface area contributed by atoms with Crippen LogP contribution in [0.1, 0.15) is 45.4 Å². The Kier molecular flexibility index (Phi) is 4.37. The second-order valence-corrected chi connectivity index (χ2v) is 3.98. The molecule has 0 amide bonds. The van der Waals surface area contributed by atoms with Gasteiger partial charge in [-0.15, -0.1) is 0 Å². The average molecular weight is 167 g/mol. The molecule has 0 aliphatic heterocycles. The van der Waals surface area contributed by atoms with Crippen molar-refractivity contribution in [1.82, 2.24) is 0 Å². The monoisotopic (exact) mass is 167 g/mol. The van der Waals surface area contributed by atoms with Crippen LogP contribution in [0.25, 0.3) is 0 Å². The minimum atomic E-state index is 0.805. The summed E-state index contributed by atoms with van der Waals surface area (Å²) in [6.45, 7) is 3.17. The molecule has 1 atom stereocenters. The highest BCUT2D eigenvalue weighted by Gasteiger charge is 2.09. The lowest BCUT2D eigenvalue weighted by atomic mass is 10.0. The molecule has 0 bridgehead atoms. The van der Waals surface area contributed by atoms with Gasteiger partial charge in [0.2, 0.25) is 0 Å². The van der Waals surface area contributed by atoms with Crippen molar-refractivity contribution >= 4 is 0 Å². The topological polar surface area (TPSA) is 26.0 Å². The second-order valence-electron chi connectivity index (χ2n) is 3.98. The maximum atomic E-state index is 5.47. The summed E-state index contributed by atoms with van der Waals surface area (Å²) in [4.78, 5) is 0. The first-order valence-electron chi connectivity index (χ1n) is 5.21. The van der Waals surface area contributed by atoms with E-state index in [4.69, 9.17) is 5.73 Å². The third-order valence-electron chi connectivity index (χ3n) is 2.75. The average Bonchev–Trinajstić information content (AvgIpc) is 2.27. The van der Waals surface area contributed by atoms with E-state index in [1.165, 1.54) is 32.1 Å². The van der Waals surface area contributed by atoms with E-state index in [-0.39, 0.29) is 0 Å². The Bertz CT molecular complexity index is 149. The summed E-state index contributed by atoms with van der Waals surface area (Å²) in [7, 11) is 0. The zero-order chi connectivity index (χ0) is 8.81. The molecule has 70 valence electrons. The van der Waals surface area contributed by atoms with Crippen LogP contribution >= 0.6 is 0 Å². The number of nitrogens with two attached hydrogens (primary N) is 1. The lowest BCUT2D eigenvalue weighted by Gasteiger charge is -2.03. The molecule has 0 saturated heterocycles. The van der Waals surface area contributed by atoms with Crippen LogP contribution in [-0.4, -0.2) is 6.54 Å². The molecule has 1 saturated carbocycles. The van der Waals surface area contributed by atoms with Crippen LogP contribution in [0.5, 0.6) is 0 Å². The minimum absolute atomic E-state index is 0.805. The Morgan fingerprint density at radius 3 is 3.00 bits per heavy atom. The van der Waals surface area contributed by atoms with E-state index >= 15 is 0 Å². The summed E-state index contributed by atoms with van der Waals surface area (Å²) >= 11 is 0. The van der Waals surface area contributed by atoms with Crippen molar-refractivity contribution in [1.29, 1.82) is 0 Å². The van der Waals surface area contributed by atoms with Crippen LogP contribution in [-0.2, 0) is 0 Å². The van der Waals surface area contributed by atoms with Crippen LogP contribution in [0.2, 0.25) is 0 Å². The first-order chi connectivity index (χ1) is 5.83. The molecule has 0 heterocycles. The van der Waals surface area contributed by atoms with E-state index in [1.807, 2.05) is 0 Å². The fraction of sp³-hybridized carbons (Fsp3) is 0.818. The SMILES string of the molecule is CC1CCC/C(=C\CCN)CC1. The van der Waals surface area contributed by atoms with Crippen molar-refractivity contribution in [2.75, 3.05) is 6.54 Å². The highest BCUT2D eigenvalue weighted by atomic mass is 14.5. The van der Waals surface area contributed by atoms with Gasteiger partial charge in [0.05, 0.1) is 0 Å². The second kappa shape index (κ2) is 5.36. The van der Waals surface area contributed by atoms with Gasteiger partial charge in [-0.25, -0.2) is 0 Å². The van der Waals surface area contributed by atoms with Gasteiger partial charge in [-0.3, -0.25) is 0 Å². The fourth-order valence-electron chi connectivity index (χ4n) is 1.87. The fourth-order valence-corrected chi connectivity index (χ4v) is 1.87. The molecule has 0 spiro atoms. The summed E-state index contributed by atoms with van der Waals surface area (Å²) in [5.74, 6) is 0.939. The highest BCUT2D eigenvalue weighted by molar-refractivity contribution is 5.03. The maximum Gasteiger partial charge on any atom is -0.00425 e. The lowest BCUT2D eigenvalue weighted by Crippen LogP contribution is -1.96.